The zero-order valence-corrected chi connectivity index (χ0v) is 15.4. The van der Waals surface area contributed by atoms with Gasteiger partial charge in [0.2, 0.25) is 15.9 Å². The van der Waals surface area contributed by atoms with Crippen molar-refractivity contribution in [3.63, 3.8) is 0 Å². The van der Waals surface area contributed by atoms with Crippen molar-refractivity contribution in [1.82, 2.24) is 9.62 Å². The van der Waals surface area contributed by atoms with Crippen molar-refractivity contribution in [1.29, 1.82) is 0 Å². The predicted molar refractivity (Wildman–Crippen MR) is 97.0 cm³/mol. The van der Waals surface area contributed by atoms with E-state index in [-0.39, 0.29) is 23.5 Å². The van der Waals surface area contributed by atoms with E-state index in [0.717, 1.165) is 12.8 Å². The number of carbonyl (C=O) groups excluding carboxylic acids is 1. The maximum atomic E-state index is 12.3. The van der Waals surface area contributed by atoms with Crippen molar-refractivity contribution in [2.24, 2.45) is 0 Å². The van der Waals surface area contributed by atoms with Crippen molar-refractivity contribution in [2.75, 3.05) is 19.6 Å². The van der Waals surface area contributed by atoms with Crippen LogP contribution in [0.15, 0.2) is 41.8 Å². The molecule has 0 bridgehead atoms. The summed E-state index contributed by atoms with van der Waals surface area (Å²) in [6.45, 7) is 5.87. The SMILES string of the molecule is C=CCN(CCNS(=O)(=O)c1ccc(OC2CCCC2)cc1)C(C)=O. The number of amides is 1. The minimum atomic E-state index is -3.61. The molecule has 138 valence electrons. The van der Waals surface area contributed by atoms with Gasteiger partial charge in [-0.05, 0) is 49.9 Å². The molecule has 1 aliphatic carbocycles. The fourth-order valence-corrected chi connectivity index (χ4v) is 3.85. The number of hydrogen-bond donors (Lipinski definition) is 1. The summed E-state index contributed by atoms with van der Waals surface area (Å²) in [7, 11) is -3.61. The first-order chi connectivity index (χ1) is 11.9. The Labute approximate surface area is 149 Å². The normalized spacial score (nSPS) is 15.1. The highest BCUT2D eigenvalue weighted by Gasteiger charge is 2.18. The Hall–Kier alpha value is -1.86. The second kappa shape index (κ2) is 9.01. The summed E-state index contributed by atoms with van der Waals surface area (Å²) < 4.78 is 33.0. The van der Waals surface area contributed by atoms with E-state index >= 15 is 0 Å². The van der Waals surface area contributed by atoms with Gasteiger partial charge in [-0.15, -0.1) is 6.58 Å². The molecular formula is C18H26N2O4S. The largest absolute Gasteiger partial charge is 0.490 e. The molecule has 0 unspecified atom stereocenters. The third kappa shape index (κ3) is 5.86. The quantitative estimate of drug-likeness (QED) is 0.681. The van der Waals surface area contributed by atoms with Gasteiger partial charge in [-0.2, -0.15) is 0 Å². The molecule has 0 radical (unpaired) electrons. The Morgan fingerprint density at radius 2 is 1.96 bits per heavy atom. The van der Waals surface area contributed by atoms with Crippen LogP contribution in [0.3, 0.4) is 0 Å². The van der Waals surface area contributed by atoms with Crippen molar-refractivity contribution in [3.05, 3.63) is 36.9 Å². The number of ether oxygens (including phenoxy) is 1. The first-order valence-electron chi connectivity index (χ1n) is 8.55. The summed E-state index contributed by atoms with van der Waals surface area (Å²) in [4.78, 5) is 13.1. The molecule has 0 spiro atoms. The van der Waals surface area contributed by atoms with Gasteiger partial charge >= 0.3 is 0 Å². The van der Waals surface area contributed by atoms with Gasteiger partial charge < -0.3 is 9.64 Å². The van der Waals surface area contributed by atoms with Crippen molar-refractivity contribution >= 4 is 15.9 Å². The second-order valence-corrected chi connectivity index (χ2v) is 7.91. The number of carbonyl (C=O) groups is 1. The molecule has 1 saturated carbocycles. The highest BCUT2D eigenvalue weighted by molar-refractivity contribution is 7.89. The predicted octanol–water partition coefficient (Wildman–Crippen LogP) is 2.32. The van der Waals surface area contributed by atoms with Gasteiger partial charge in [0.1, 0.15) is 5.75 Å². The molecule has 2 rings (SSSR count). The van der Waals surface area contributed by atoms with E-state index in [1.54, 1.807) is 30.3 Å². The molecule has 25 heavy (non-hydrogen) atoms. The third-order valence-corrected chi connectivity index (χ3v) is 5.68. The Balaban J connectivity index is 1.89. The average Bonchev–Trinajstić information content (AvgIpc) is 3.07. The summed E-state index contributed by atoms with van der Waals surface area (Å²) >= 11 is 0. The molecule has 0 aliphatic heterocycles. The van der Waals surface area contributed by atoms with E-state index in [1.807, 2.05) is 0 Å². The van der Waals surface area contributed by atoms with Gasteiger partial charge in [-0.25, -0.2) is 13.1 Å². The first kappa shape index (κ1) is 19.5. The summed E-state index contributed by atoms with van der Waals surface area (Å²) in [6, 6.07) is 6.46. The second-order valence-electron chi connectivity index (χ2n) is 6.15. The van der Waals surface area contributed by atoms with Crippen molar-refractivity contribution in [3.8, 4) is 5.75 Å². The Morgan fingerprint density at radius 1 is 1.32 bits per heavy atom. The van der Waals surface area contributed by atoms with Crippen LogP contribution in [0.2, 0.25) is 0 Å². The van der Waals surface area contributed by atoms with E-state index in [4.69, 9.17) is 4.74 Å². The lowest BCUT2D eigenvalue weighted by Gasteiger charge is -2.19. The molecule has 7 heteroatoms. The van der Waals surface area contributed by atoms with Crippen LogP contribution < -0.4 is 9.46 Å². The molecular weight excluding hydrogens is 340 g/mol. The number of sulfonamides is 1. The number of nitrogens with zero attached hydrogens (tertiary/aromatic N) is 1. The number of benzene rings is 1. The Morgan fingerprint density at radius 3 is 2.52 bits per heavy atom. The molecule has 0 aromatic heterocycles. The molecule has 1 aromatic rings. The summed E-state index contributed by atoms with van der Waals surface area (Å²) in [5.41, 5.74) is 0. The van der Waals surface area contributed by atoms with Crippen LogP contribution in [-0.4, -0.2) is 45.0 Å². The fourth-order valence-electron chi connectivity index (χ4n) is 2.83. The molecule has 0 heterocycles. The summed E-state index contributed by atoms with van der Waals surface area (Å²) in [5.74, 6) is 0.576. The minimum Gasteiger partial charge on any atom is -0.490 e. The van der Waals surface area contributed by atoms with Crippen molar-refractivity contribution in [2.45, 2.75) is 43.6 Å². The van der Waals surface area contributed by atoms with Crippen LogP contribution in [-0.2, 0) is 14.8 Å². The first-order valence-corrected chi connectivity index (χ1v) is 10.0. The topological polar surface area (TPSA) is 75.7 Å². The smallest absolute Gasteiger partial charge is 0.240 e. The number of nitrogens with one attached hydrogen (secondary N) is 1. The van der Waals surface area contributed by atoms with Gasteiger partial charge in [-0.1, -0.05) is 6.08 Å². The maximum Gasteiger partial charge on any atom is 0.240 e. The molecule has 0 atom stereocenters. The Bertz CT molecular complexity index is 680. The monoisotopic (exact) mass is 366 g/mol. The minimum absolute atomic E-state index is 0.118. The lowest BCUT2D eigenvalue weighted by atomic mass is 10.3. The summed E-state index contributed by atoms with van der Waals surface area (Å²) in [6.07, 6.45) is 6.33. The number of hydrogen-bond acceptors (Lipinski definition) is 4. The van der Waals surface area contributed by atoms with E-state index in [9.17, 15) is 13.2 Å². The van der Waals surface area contributed by atoms with Crippen LogP contribution in [0.1, 0.15) is 32.6 Å². The van der Waals surface area contributed by atoms with Gasteiger partial charge in [0.15, 0.2) is 0 Å². The molecule has 1 N–H and O–H groups in total. The van der Waals surface area contributed by atoms with Crippen LogP contribution in [0, 0.1) is 0 Å². The van der Waals surface area contributed by atoms with Gasteiger partial charge in [0.25, 0.3) is 0 Å². The van der Waals surface area contributed by atoms with Crippen LogP contribution in [0.5, 0.6) is 5.75 Å². The van der Waals surface area contributed by atoms with Gasteiger partial charge in [-0.3, -0.25) is 4.79 Å². The molecule has 1 aromatic carbocycles. The standard InChI is InChI=1S/C18H26N2O4S/c1-3-13-20(15(2)21)14-12-19-25(22,23)18-10-8-17(9-11-18)24-16-6-4-5-7-16/h3,8-11,16,19H,1,4-7,12-14H2,2H3. The van der Waals surface area contributed by atoms with Crippen LogP contribution >= 0.6 is 0 Å². The highest BCUT2D eigenvalue weighted by atomic mass is 32.2. The highest BCUT2D eigenvalue weighted by Crippen LogP contribution is 2.24. The van der Waals surface area contributed by atoms with Gasteiger partial charge in [0.05, 0.1) is 11.0 Å². The molecule has 6 nitrogen and oxygen atoms in total. The lowest BCUT2D eigenvalue weighted by molar-refractivity contribution is -0.128. The van der Waals surface area contributed by atoms with E-state index in [0.29, 0.717) is 18.8 Å². The zero-order chi connectivity index (χ0) is 18.3. The number of rotatable bonds is 9. The van der Waals surface area contributed by atoms with Crippen molar-refractivity contribution < 1.29 is 17.9 Å². The average molecular weight is 366 g/mol. The summed E-state index contributed by atoms with van der Waals surface area (Å²) in [5, 5.41) is 0. The molecule has 1 amide bonds. The van der Waals surface area contributed by atoms with E-state index < -0.39 is 10.0 Å². The maximum absolute atomic E-state index is 12.3. The lowest BCUT2D eigenvalue weighted by Crippen LogP contribution is -2.37. The Kier molecular flexibility index (Phi) is 7.01. The van der Waals surface area contributed by atoms with E-state index in [1.165, 1.54) is 24.7 Å². The van der Waals surface area contributed by atoms with E-state index in [2.05, 4.69) is 11.3 Å². The van der Waals surface area contributed by atoms with Gasteiger partial charge in [0, 0.05) is 26.6 Å². The molecule has 1 fully saturated rings. The third-order valence-electron chi connectivity index (χ3n) is 4.21. The van der Waals surface area contributed by atoms with Crippen LogP contribution in [0.25, 0.3) is 0 Å². The fraction of sp³-hybridized carbons (Fsp3) is 0.500. The van der Waals surface area contributed by atoms with Crippen LogP contribution in [0.4, 0.5) is 0 Å². The molecule has 0 saturated heterocycles. The molecule has 1 aliphatic rings. The zero-order valence-electron chi connectivity index (χ0n) is 14.6.